The maximum Gasteiger partial charge on any atom is 0.417 e. The number of alkyl halides is 3. The van der Waals surface area contributed by atoms with E-state index in [1.165, 1.54) is 6.07 Å². The zero-order valence-corrected chi connectivity index (χ0v) is 17.7. The van der Waals surface area contributed by atoms with Gasteiger partial charge in [0, 0.05) is 31.9 Å². The van der Waals surface area contributed by atoms with Crippen LogP contribution in [0.1, 0.15) is 45.1 Å². The Morgan fingerprint density at radius 2 is 1.79 bits per heavy atom. The minimum Gasteiger partial charge on any atom is -0.356 e. The number of nitrogens with zero attached hydrogens (tertiary/aromatic N) is 2. The van der Waals surface area contributed by atoms with Crippen molar-refractivity contribution < 1.29 is 18.0 Å². The summed E-state index contributed by atoms with van der Waals surface area (Å²) in [5, 5.41) is 3.10. The van der Waals surface area contributed by atoms with E-state index in [1.54, 1.807) is 0 Å². The summed E-state index contributed by atoms with van der Waals surface area (Å²) >= 11 is 0. The second-order valence-electron chi connectivity index (χ2n) is 6.83. The third-order valence-electron chi connectivity index (χ3n) is 5.46. The Bertz CT molecular complexity index is 594. The Hall–Kier alpha value is -1.25. The van der Waals surface area contributed by atoms with E-state index in [1.807, 2.05) is 18.7 Å². The maximum absolute atomic E-state index is 12.6. The van der Waals surface area contributed by atoms with Gasteiger partial charge in [0.15, 0.2) is 0 Å². The first-order valence-corrected chi connectivity index (χ1v) is 9.05. The summed E-state index contributed by atoms with van der Waals surface area (Å²) < 4.78 is 37.8. The van der Waals surface area contributed by atoms with Gasteiger partial charge in [-0.05, 0) is 37.8 Å². The van der Waals surface area contributed by atoms with Gasteiger partial charge in [0.2, 0.25) is 5.91 Å². The molecule has 10 heteroatoms. The molecule has 1 aromatic rings. The van der Waals surface area contributed by atoms with Gasteiger partial charge in [0.25, 0.3) is 0 Å². The second kappa shape index (κ2) is 11.1. The zero-order chi connectivity index (χ0) is 19.4. The minimum absolute atomic E-state index is 0. The highest BCUT2D eigenvalue weighted by Crippen LogP contribution is 2.30. The number of amides is 1. The molecule has 0 atom stereocenters. The molecule has 0 unspecified atom stereocenters. The number of piperidine rings is 1. The predicted molar refractivity (Wildman–Crippen MR) is 109 cm³/mol. The monoisotopic (exact) mass is 444 g/mol. The van der Waals surface area contributed by atoms with Gasteiger partial charge in [0.1, 0.15) is 5.82 Å². The Balaban J connectivity index is 0.00000364. The third-order valence-corrected chi connectivity index (χ3v) is 5.46. The van der Waals surface area contributed by atoms with Gasteiger partial charge in [-0.25, -0.2) is 4.98 Å². The van der Waals surface area contributed by atoms with Crippen LogP contribution >= 0.6 is 24.8 Å². The average molecular weight is 445 g/mol. The van der Waals surface area contributed by atoms with Gasteiger partial charge in [0.05, 0.1) is 11.0 Å². The van der Waals surface area contributed by atoms with Crippen LogP contribution in [0.4, 0.5) is 19.0 Å². The molecular formula is C18H29Cl2F3N4O. The fourth-order valence-electron chi connectivity index (χ4n) is 3.28. The molecule has 1 fully saturated rings. The Morgan fingerprint density at radius 3 is 2.18 bits per heavy atom. The minimum atomic E-state index is -4.38. The van der Waals surface area contributed by atoms with Crippen LogP contribution in [-0.4, -0.2) is 36.6 Å². The van der Waals surface area contributed by atoms with Crippen LogP contribution in [-0.2, 0) is 11.0 Å². The van der Waals surface area contributed by atoms with Crippen molar-refractivity contribution in [2.45, 2.75) is 51.7 Å². The van der Waals surface area contributed by atoms with Gasteiger partial charge >= 0.3 is 6.18 Å². The van der Waals surface area contributed by atoms with Gasteiger partial charge in [-0.2, -0.15) is 13.2 Å². The molecule has 0 radical (unpaired) electrons. The Kier molecular flexibility index (Phi) is 10.6. The molecule has 5 nitrogen and oxygen atoms in total. The van der Waals surface area contributed by atoms with Crippen LogP contribution in [0.3, 0.4) is 0 Å². The van der Waals surface area contributed by atoms with E-state index in [0.717, 1.165) is 25.1 Å². The van der Waals surface area contributed by atoms with E-state index in [9.17, 15) is 18.0 Å². The molecule has 1 aliphatic heterocycles. The molecule has 0 spiro atoms. The number of halogens is 5. The van der Waals surface area contributed by atoms with E-state index in [0.29, 0.717) is 38.3 Å². The molecule has 28 heavy (non-hydrogen) atoms. The number of aromatic nitrogens is 1. The highest BCUT2D eigenvalue weighted by Gasteiger charge is 2.35. The van der Waals surface area contributed by atoms with Crippen LogP contribution in [0.25, 0.3) is 0 Å². The number of hydrogen-bond acceptors (Lipinski definition) is 4. The van der Waals surface area contributed by atoms with Crippen molar-refractivity contribution in [2.75, 3.05) is 24.5 Å². The van der Waals surface area contributed by atoms with Crippen molar-refractivity contribution in [2.24, 2.45) is 11.1 Å². The Morgan fingerprint density at radius 1 is 1.21 bits per heavy atom. The summed E-state index contributed by atoms with van der Waals surface area (Å²) in [4.78, 5) is 18.5. The van der Waals surface area contributed by atoms with Crippen molar-refractivity contribution in [3.63, 3.8) is 0 Å². The predicted octanol–water partition coefficient (Wildman–Crippen LogP) is 3.79. The number of anilines is 1. The largest absolute Gasteiger partial charge is 0.417 e. The van der Waals surface area contributed by atoms with Crippen molar-refractivity contribution in [3.8, 4) is 0 Å². The van der Waals surface area contributed by atoms with Crippen LogP contribution < -0.4 is 16.0 Å². The quantitative estimate of drug-likeness (QED) is 0.699. The number of carbonyl (C=O) groups is 1. The average Bonchev–Trinajstić information content (AvgIpc) is 2.64. The SMILES string of the molecule is CCC(CC)(CN)C(=O)NC1CCN(c2ccc(C(F)(F)F)cn2)CC1.Cl.Cl. The van der Waals surface area contributed by atoms with E-state index >= 15 is 0 Å². The first-order valence-electron chi connectivity index (χ1n) is 9.05. The molecule has 2 heterocycles. The lowest BCUT2D eigenvalue weighted by Gasteiger charge is -2.36. The third kappa shape index (κ3) is 6.12. The number of pyridine rings is 1. The number of nitrogens with one attached hydrogen (secondary N) is 1. The standard InChI is InChI=1S/C18H27F3N4O.2ClH/c1-3-17(4-2,12-22)16(26)24-14-7-9-25(10-8-14)15-6-5-13(11-23-15)18(19,20)21;;/h5-6,11,14H,3-4,7-10,12,22H2,1-2H3,(H,24,26);2*1H. The highest BCUT2D eigenvalue weighted by atomic mass is 35.5. The molecule has 0 aromatic carbocycles. The molecule has 1 amide bonds. The molecule has 1 aromatic heterocycles. The maximum atomic E-state index is 12.6. The van der Waals surface area contributed by atoms with Crippen molar-refractivity contribution in [1.29, 1.82) is 0 Å². The zero-order valence-electron chi connectivity index (χ0n) is 16.1. The van der Waals surface area contributed by atoms with Crippen LogP contribution in [0.15, 0.2) is 18.3 Å². The smallest absolute Gasteiger partial charge is 0.356 e. The van der Waals surface area contributed by atoms with Crippen LogP contribution in [0.5, 0.6) is 0 Å². The van der Waals surface area contributed by atoms with Gasteiger partial charge in [-0.15, -0.1) is 24.8 Å². The van der Waals surface area contributed by atoms with Crippen molar-refractivity contribution in [3.05, 3.63) is 23.9 Å². The number of hydrogen-bond donors (Lipinski definition) is 2. The van der Waals surface area contributed by atoms with Crippen LogP contribution in [0, 0.1) is 5.41 Å². The van der Waals surface area contributed by atoms with E-state index in [-0.39, 0.29) is 36.8 Å². The fourth-order valence-corrected chi connectivity index (χ4v) is 3.28. The van der Waals surface area contributed by atoms with Gasteiger partial charge in [-0.1, -0.05) is 13.8 Å². The van der Waals surface area contributed by atoms with E-state index < -0.39 is 17.2 Å². The van der Waals surface area contributed by atoms with E-state index in [2.05, 4.69) is 10.3 Å². The summed E-state index contributed by atoms with van der Waals surface area (Å²) in [7, 11) is 0. The van der Waals surface area contributed by atoms with Gasteiger partial charge in [-0.3, -0.25) is 4.79 Å². The van der Waals surface area contributed by atoms with Gasteiger partial charge < -0.3 is 16.0 Å². The summed E-state index contributed by atoms with van der Waals surface area (Å²) in [6.45, 7) is 5.53. The molecule has 0 aliphatic carbocycles. The number of rotatable bonds is 6. The summed E-state index contributed by atoms with van der Waals surface area (Å²) in [6, 6.07) is 2.50. The lowest BCUT2D eigenvalue weighted by Crippen LogP contribution is -2.51. The lowest BCUT2D eigenvalue weighted by molar-refractivity contribution is -0.137. The molecule has 0 bridgehead atoms. The first-order chi connectivity index (χ1) is 12.3. The first kappa shape index (κ1) is 26.8. The summed E-state index contributed by atoms with van der Waals surface area (Å²) in [5.41, 5.74) is 4.55. The van der Waals surface area contributed by atoms with Crippen molar-refractivity contribution >= 4 is 36.5 Å². The molecule has 2 rings (SSSR count). The fraction of sp³-hybridized carbons (Fsp3) is 0.667. The molecule has 3 N–H and O–H groups in total. The molecule has 1 aliphatic rings. The second-order valence-corrected chi connectivity index (χ2v) is 6.83. The summed E-state index contributed by atoms with van der Waals surface area (Å²) in [6.07, 6.45) is -0.677. The molecule has 0 saturated carbocycles. The molecule has 1 saturated heterocycles. The topological polar surface area (TPSA) is 71.2 Å². The number of nitrogens with two attached hydrogens (primary N) is 1. The lowest BCUT2D eigenvalue weighted by atomic mass is 9.81. The van der Waals surface area contributed by atoms with Crippen molar-refractivity contribution in [1.82, 2.24) is 10.3 Å². The Labute approximate surface area is 176 Å². The summed E-state index contributed by atoms with van der Waals surface area (Å²) in [5.74, 6) is 0.525. The molecular weight excluding hydrogens is 416 g/mol. The van der Waals surface area contributed by atoms with Crippen LogP contribution in [0.2, 0.25) is 0 Å². The molecule has 162 valence electrons. The number of carbonyl (C=O) groups excluding carboxylic acids is 1. The highest BCUT2D eigenvalue weighted by molar-refractivity contribution is 5.85. The normalized spacial score (nSPS) is 15.4. The van der Waals surface area contributed by atoms with E-state index in [4.69, 9.17) is 5.73 Å².